The van der Waals surface area contributed by atoms with Gasteiger partial charge in [-0.05, 0) is 22.4 Å². The van der Waals surface area contributed by atoms with E-state index in [4.69, 9.17) is 9.47 Å². The highest BCUT2D eigenvalue weighted by Gasteiger charge is 2.35. The number of nitrogens with zero attached hydrogens (tertiary/aromatic N) is 1. The number of nitrogens with one attached hydrogen (secondary N) is 3. The highest BCUT2D eigenvalue weighted by Crippen LogP contribution is 2.20. The second-order valence-electron chi connectivity index (χ2n) is 7.33. The zero-order valence-electron chi connectivity index (χ0n) is 18.2. The summed E-state index contributed by atoms with van der Waals surface area (Å²) in [4.78, 5) is 46.1. The number of unbranched alkanes of at least 4 members (excludes halogenated alkanes) is 1. The molecule has 0 radical (unpaired) electrons. The minimum Gasteiger partial charge on any atom is -0.377 e. The lowest BCUT2D eigenvalue weighted by Gasteiger charge is -2.14. The quantitative estimate of drug-likeness (QED) is 0.191. The van der Waals surface area contributed by atoms with Crippen LogP contribution in [0.5, 0.6) is 0 Å². The molecule has 0 bridgehead atoms. The largest absolute Gasteiger partial charge is 0.377 e. The minimum atomic E-state index is -0.339. The Morgan fingerprint density at radius 2 is 1.81 bits per heavy atom. The van der Waals surface area contributed by atoms with Crippen LogP contribution in [0.4, 0.5) is 4.79 Å². The van der Waals surface area contributed by atoms with Gasteiger partial charge in [0.2, 0.25) is 5.91 Å². The van der Waals surface area contributed by atoms with Gasteiger partial charge in [-0.15, -0.1) is 0 Å². The fourth-order valence-corrected chi connectivity index (χ4v) is 4.76. The Labute approximate surface area is 200 Å². The third-order valence-corrected chi connectivity index (χ3v) is 6.59. The maximum Gasteiger partial charge on any atom is 0.315 e. The van der Waals surface area contributed by atoms with Crippen LogP contribution < -0.4 is 16.0 Å². The summed E-state index contributed by atoms with van der Waals surface area (Å²) in [7, 11) is 0. The van der Waals surface area contributed by atoms with Gasteiger partial charge in [0.15, 0.2) is 0 Å². The van der Waals surface area contributed by atoms with Crippen LogP contribution in [0, 0.1) is 0 Å². The zero-order valence-corrected chi connectivity index (χ0v) is 20.6. The molecule has 0 aromatic carbocycles. The molecule has 3 N–H and O–H groups in total. The molecule has 10 nitrogen and oxygen atoms in total. The normalized spacial score (nSPS) is 21.5. The van der Waals surface area contributed by atoms with E-state index in [1.165, 1.54) is 6.08 Å². The van der Waals surface area contributed by atoms with E-state index in [1.54, 1.807) is 0 Å². The van der Waals surface area contributed by atoms with E-state index in [9.17, 15) is 19.2 Å². The van der Waals surface area contributed by atoms with Gasteiger partial charge in [0, 0.05) is 30.5 Å². The fraction of sp³-hybridized carbons (Fsp3) is 0.700. The summed E-state index contributed by atoms with van der Waals surface area (Å²) in [6, 6.07) is 0.815. The Morgan fingerprint density at radius 1 is 1.16 bits per heavy atom. The predicted octanol–water partition coefficient (Wildman–Crippen LogP) is 0.757. The fourth-order valence-electron chi connectivity index (χ4n) is 3.07. The molecule has 2 saturated heterocycles. The molecular formula is C20H31BrN4O6S. The van der Waals surface area contributed by atoms with E-state index in [-0.39, 0.29) is 41.4 Å². The summed E-state index contributed by atoms with van der Waals surface area (Å²) < 4.78 is 10.9. The second-order valence-corrected chi connectivity index (χ2v) is 9.26. The van der Waals surface area contributed by atoms with Gasteiger partial charge in [0.05, 0.1) is 49.5 Å². The van der Waals surface area contributed by atoms with E-state index in [1.807, 2.05) is 18.7 Å². The highest BCUT2D eigenvalue weighted by molar-refractivity contribution is 9.12. The van der Waals surface area contributed by atoms with Crippen LogP contribution in [0.1, 0.15) is 26.2 Å². The van der Waals surface area contributed by atoms with Crippen LogP contribution in [-0.2, 0) is 23.9 Å². The minimum absolute atomic E-state index is 0.00491. The lowest BCUT2D eigenvalue weighted by Crippen LogP contribution is -2.34. The van der Waals surface area contributed by atoms with Gasteiger partial charge in [-0.3, -0.25) is 19.3 Å². The summed E-state index contributed by atoms with van der Waals surface area (Å²) in [6.07, 6.45) is 3.70. The molecule has 12 heteroatoms. The number of thioether (sulfide) groups is 1. The molecule has 3 aliphatic heterocycles. The maximum absolute atomic E-state index is 11.5. The summed E-state index contributed by atoms with van der Waals surface area (Å²) in [5.74, 6) is 1.52. The molecule has 180 valence electrons. The molecule has 3 heterocycles. The van der Waals surface area contributed by atoms with Gasteiger partial charge in [0.25, 0.3) is 11.8 Å². The molecule has 0 aliphatic carbocycles. The van der Waals surface area contributed by atoms with Crippen molar-refractivity contribution in [3.05, 3.63) is 10.6 Å². The van der Waals surface area contributed by atoms with Crippen molar-refractivity contribution in [1.29, 1.82) is 0 Å². The number of amides is 5. The van der Waals surface area contributed by atoms with Gasteiger partial charge < -0.3 is 25.4 Å². The van der Waals surface area contributed by atoms with Crippen molar-refractivity contribution in [1.82, 2.24) is 20.9 Å². The van der Waals surface area contributed by atoms with Gasteiger partial charge >= 0.3 is 6.03 Å². The number of carbonyl (C=O) groups excluding carboxylic acids is 4. The van der Waals surface area contributed by atoms with Crippen molar-refractivity contribution in [2.24, 2.45) is 0 Å². The Bertz CT molecular complexity index is 694. The third-order valence-electron chi connectivity index (χ3n) is 4.84. The first kappa shape index (κ1) is 26.6. The molecule has 0 aromatic heterocycles. The van der Waals surface area contributed by atoms with Crippen molar-refractivity contribution < 1.29 is 28.7 Å². The van der Waals surface area contributed by atoms with E-state index in [0.29, 0.717) is 44.9 Å². The van der Waals surface area contributed by atoms with Crippen LogP contribution in [-0.4, -0.2) is 91.8 Å². The van der Waals surface area contributed by atoms with E-state index < -0.39 is 0 Å². The Balaban J connectivity index is 0.000000329. The maximum atomic E-state index is 11.5. The Hall–Kier alpha value is -1.63. The number of rotatable bonds is 12. The topological polar surface area (TPSA) is 126 Å². The van der Waals surface area contributed by atoms with Crippen molar-refractivity contribution in [3.8, 4) is 0 Å². The Kier molecular flexibility index (Phi) is 12.1. The van der Waals surface area contributed by atoms with E-state index in [0.717, 1.165) is 29.2 Å². The summed E-state index contributed by atoms with van der Waals surface area (Å²) in [5, 5.41) is 8.46. The van der Waals surface area contributed by atoms with Gasteiger partial charge in [-0.1, -0.05) is 13.3 Å². The molecule has 5 amide bonds. The molecule has 1 unspecified atom stereocenters. The first-order valence-corrected chi connectivity index (χ1v) is 12.7. The van der Waals surface area contributed by atoms with Gasteiger partial charge in [-0.25, -0.2) is 4.79 Å². The Morgan fingerprint density at radius 3 is 2.41 bits per heavy atom. The molecule has 3 aliphatic rings. The average Bonchev–Trinajstić information content (AvgIpc) is 3.40. The standard InChI is InChI=1S/C15H23BrN2O5.C5H8N2OS/c1-2-3-4-13(19)17-5-7-22-9-10-23-8-6-18-14(20)11-12(16)15(18)21;8-5-6-3-1-9-2-4(3)7-5/h11H,2-10H2,1H3,(H,17,19);3-4H,1-2H2,(H2,6,7,8)/t;3-,4?/m.1/s1. The van der Waals surface area contributed by atoms with Crippen LogP contribution in [0.3, 0.4) is 0 Å². The third kappa shape index (κ3) is 9.08. The SMILES string of the molecule is CCCCC(=O)NCCOCCOCCN1C(=O)C=C(Br)C1=O.O=C1NC2CSC[C@H]2N1. The lowest BCUT2D eigenvalue weighted by molar-refractivity contribution is -0.137. The number of imide groups is 1. The number of halogens is 1. The monoisotopic (exact) mass is 534 g/mol. The molecule has 0 spiro atoms. The molecule has 32 heavy (non-hydrogen) atoms. The first-order valence-electron chi connectivity index (χ1n) is 10.7. The van der Waals surface area contributed by atoms with Crippen molar-refractivity contribution in [3.63, 3.8) is 0 Å². The van der Waals surface area contributed by atoms with Crippen LogP contribution >= 0.6 is 27.7 Å². The van der Waals surface area contributed by atoms with Crippen molar-refractivity contribution >= 4 is 51.4 Å². The molecule has 3 rings (SSSR count). The molecular weight excluding hydrogens is 504 g/mol. The second kappa shape index (κ2) is 14.5. The first-order chi connectivity index (χ1) is 15.4. The number of urea groups is 1. The summed E-state index contributed by atoms with van der Waals surface area (Å²) in [6.45, 7) is 4.21. The highest BCUT2D eigenvalue weighted by atomic mass is 79.9. The zero-order chi connectivity index (χ0) is 23.3. The molecule has 0 saturated carbocycles. The summed E-state index contributed by atoms with van der Waals surface area (Å²) >= 11 is 4.92. The molecule has 0 aromatic rings. The lowest BCUT2D eigenvalue weighted by atomic mass is 10.2. The number of fused-ring (bicyclic) bond motifs is 1. The smallest absolute Gasteiger partial charge is 0.315 e. The predicted molar refractivity (Wildman–Crippen MR) is 124 cm³/mol. The number of ether oxygens (including phenoxy) is 2. The van der Waals surface area contributed by atoms with Crippen molar-refractivity contribution in [2.75, 3.05) is 51.0 Å². The van der Waals surface area contributed by atoms with Crippen molar-refractivity contribution in [2.45, 2.75) is 38.3 Å². The van der Waals surface area contributed by atoms with E-state index >= 15 is 0 Å². The number of hydrogen-bond acceptors (Lipinski definition) is 7. The molecule has 2 fully saturated rings. The van der Waals surface area contributed by atoms with Crippen LogP contribution in [0.2, 0.25) is 0 Å². The summed E-state index contributed by atoms with van der Waals surface area (Å²) in [5.41, 5.74) is 0. The number of hydrogen-bond donors (Lipinski definition) is 3. The van der Waals surface area contributed by atoms with Gasteiger partial charge in [0.1, 0.15) is 0 Å². The number of carbonyl (C=O) groups is 4. The van der Waals surface area contributed by atoms with E-state index in [2.05, 4.69) is 31.9 Å². The van der Waals surface area contributed by atoms with Gasteiger partial charge in [-0.2, -0.15) is 11.8 Å². The average molecular weight is 535 g/mol. The van der Waals surface area contributed by atoms with Crippen LogP contribution in [0.15, 0.2) is 10.6 Å². The molecule has 2 atom stereocenters. The van der Waals surface area contributed by atoms with Crippen LogP contribution in [0.25, 0.3) is 0 Å².